The molecule has 1 saturated carbocycles. The molecule has 2 atom stereocenters. The highest BCUT2D eigenvalue weighted by Gasteiger charge is 2.37. The zero-order valence-corrected chi connectivity index (χ0v) is 6.74. The molecule has 0 aromatic carbocycles. The lowest BCUT2D eigenvalue weighted by molar-refractivity contribution is -0.151. The predicted octanol–water partition coefficient (Wildman–Crippen LogP) is 0.255. The molecular weight excluding hydrogens is 160 g/mol. The second-order valence-electron chi connectivity index (χ2n) is 3.18. The van der Waals surface area contributed by atoms with E-state index in [-0.39, 0.29) is 24.5 Å². The number of hydrogen-bond acceptors (Lipinski definition) is 3. The minimum Gasteiger partial charge on any atom is -0.481 e. The SMILES string of the molecule is CC1CC(=O)CC(=O)C1C(=O)O. The number of Topliss-reactive ketones (excluding diaryl/α,β-unsaturated/α-hetero) is 2. The molecule has 2 unspecified atom stereocenters. The number of carbonyl (C=O) groups is 3. The van der Waals surface area contributed by atoms with Gasteiger partial charge in [-0.05, 0) is 5.92 Å². The van der Waals surface area contributed by atoms with Crippen LogP contribution < -0.4 is 0 Å². The Kier molecular flexibility index (Phi) is 2.26. The number of carbonyl (C=O) groups excluding carboxylic acids is 2. The third-order valence-corrected chi connectivity index (χ3v) is 2.10. The standard InChI is InChI=1S/C8H10O4/c1-4-2-5(9)3-6(10)7(4)8(11)12/h4,7H,2-3H2,1H3,(H,11,12). The topological polar surface area (TPSA) is 71.4 Å². The molecule has 12 heavy (non-hydrogen) atoms. The summed E-state index contributed by atoms with van der Waals surface area (Å²) in [6, 6.07) is 0. The molecule has 1 N–H and O–H groups in total. The van der Waals surface area contributed by atoms with E-state index in [1.807, 2.05) is 0 Å². The third-order valence-electron chi connectivity index (χ3n) is 2.10. The van der Waals surface area contributed by atoms with Crippen LogP contribution >= 0.6 is 0 Å². The highest BCUT2D eigenvalue weighted by atomic mass is 16.4. The average Bonchev–Trinajstić information content (AvgIpc) is 1.82. The lowest BCUT2D eigenvalue weighted by Gasteiger charge is -2.22. The van der Waals surface area contributed by atoms with E-state index in [1.54, 1.807) is 6.92 Å². The number of carboxylic acid groups (broad SMARTS) is 1. The van der Waals surface area contributed by atoms with Crippen molar-refractivity contribution in [3.63, 3.8) is 0 Å². The van der Waals surface area contributed by atoms with Crippen molar-refractivity contribution >= 4 is 17.5 Å². The Labute approximate surface area is 69.6 Å². The number of rotatable bonds is 1. The fraction of sp³-hybridized carbons (Fsp3) is 0.625. The van der Waals surface area contributed by atoms with E-state index in [9.17, 15) is 14.4 Å². The first kappa shape index (κ1) is 8.90. The molecule has 0 spiro atoms. The quantitative estimate of drug-likeness (QED) is 0.573. The highest BCUT2D eigenvalue weighted by Crippen LogP contribution is 2.24. The van der Waals surface area contributed by atoms with Crippen molar-refractivity contribution in [3.05, 3.63) is 0 Å². The van der Waals surface area contributed by atoms with Crippen LogP contribution in [0.3, 0.4) is 0 Å². The Morgan fingerprint density at radius 3 is 2.50 bits per heavy atom. The van der Waals surface area contributed by atoms with Gasteiger partial charge in [0.15, 0.2) is 5.78 Å². The highest BCUT2D eigenvalue weighted by molar-refractivity contribution is 6.10. The van der Waals surface area contributed by atoms with E-state index in [1.165, 1.54) is 0 Å². The molecule has 0 bridgehead atoms. The normalized spacial score (nSPS) is 30.4. The molecule has 0 amide bonds. The van der Waals surface area contributed by atoms with Gasteiger partial charge in [-0.15, -0.1) is 0 Å². The van der Waals surface area contributed by atoms with E-state index >= 15 is 0 Å². The van der Waals surface area contributed by atoms with Crippen LogP contribution in [0.25, 0.3) is 0 Å². The minimum atomic E-state index is -1.11. The van der Waals surface area contributed by atoms with E-state index in [4.69, 9.17) is 5.11 Å². The lowest BCUT2D eigenvalue weighted by atomic mass is 9.79. The molecule has 4 nitrogen and oxygen atoms in total. The van der Waals surface area contributed by atoms with E-state index in [0.29, 0.717) is 0 Å². The Morgan fingerprint density at radius 2 is 2.08 bits per heavy atom. The summed E-state index contributed by atoms with van der Waals surface area (Å²) < 4.78 is 0. The predicted molar refractivity (Wildman–Crippen MR) is 39.5 cm³/mol. The van der Waals surface area contributed by atoms with Crippen molar-refractivity contribution in [2.24, 2.45) is 11.8 Å². The Morgan fingerprint density at radius 1 is 1.50 bits per heavy atom. The summed E-state index contributed by atoms with van der Waals surface area (Å²) in [5, 5.41) is 8.63. The lowest BCUT2D eigenvalue weighted by Crippen LogP contribution is -2.37. The van der Waals surface area contributed by atoms with Crippen molar-refractivity contribution in [1.29, 1.82) is 0 Å². The molecular formula is C8H10O4. The molecule has 1 aliphatic rings. The molecule has 0 aliphatic heterocycles. The first-order valence-corrected chi connectivity index (χ1v) is 3.79. The van der Waals surface area contributed by atoms with Gasteiger partial charge in [-0.1, -0.05) is 6.92 Å². The Balaban J connectivity index is 2.80. The maximum atomic E-state index is 11.1. The maximum Gasteiger partial charge on any atom is 0.314 e. The zero-order valence-electron chi connectivity index (χ0n) is 6.74. The molecule has 1 fully saturated rings. The van der Waals surface area contributed by atoms with Crippen molar-refractivity contribution in [2.75, 3.05) is 0 Å². The number of aliphatic carboxylic acids is 1. The van der Waals surface area contributed by atoms with E-state index < -0.39 is 17.7 Å². The molecule has 4 heteroatoms. The van der Waals surface area contributed by atoms with Gasteiger partial charge in [-0.3, -0.25) is 14.4 Å². The summed E-state index contributed by atoms with van der Waals surface area (Å²) in [5.74, 6) is -3.03. The van der Waals surface area contributed by atoms with Gasteiger partial charge in [0, 0.05) is 6.42 Å². The van der Waals surface area contributed by atoms with Gasteiger partial charge in [0.25, 0.3) is 0 Å². The van der Waals surface area contributed by atoms with Gasteiger partial charge in [-0.25, -0.2) is 0 Å². The van der Waals surface area contributed by atoms with Crippen LogP contribution in [0.15, 0.2) is 0 Å². The van der Waals surface area contributed by atoms with Gasteiger partial charge >= 0.3 is 5.97 Å². The van der Waals surface area contributed by atoms with Gasteiger partial charge < -0.3 is 5.11 Å². The summed E-state index contributed by atoms with van der Waals surface area (Å²) in [4.78, 5) is 32.4. The summed E-state index contributed by atoms with van der Waals surface area (Å²) in [7, 11) is 0. The molecule has 0 saturated heterocycles. The van der Waals surface area contributed by atoms with E-state index in [2.05, 4.69) is 0 Å². The Bertz CT molecular complexity index is 243. The summed E-state index contributed by atoms with van der Waals surface area (Å²) in [6.45, 7) is 1.62. The molecule has 0 aromatic heterocycles. The van der Waals surface area contributed by atoms with Crippen LogP contribution in [0.5, 0.6) is 0 Å². The first-order valence-electron chi connectivity index (χ1n) is 3.79. The molecule has 0 heterocycles. The minimum absolute atomic E-state index is 0.148. The molecule has 0 radical (unpaired) electrons. The van der Waals surface area contributed by atoms with Crippen LogP contribution in [0.1, 0.15) is 19.8 Å². The fourth-order valence-corrected chi connectivity index (χ4v) is 1.55. The average molecular weight is 170 g/mol. The van der Waals surface area contributed by atoms with Crippen molar-refractivity contribution in [2.45, 2.75) is 19.8 Å². The molecule has 0 aromatic rings. The maximum absolute atomic E-state index is 11.1. The van der Waals surface area contributed by atoms with Crippen molar-refractivity contribution in [1.82, 2.24) is 0 Å². The van der Waals surface area contributed by atoms with Crippen LogP contribution in [0, 0.1) is 11.8 Å². The first-order chi connectivity index (χ1) is 5.52. The zero-order chi connectivity index (χ0) is 9.30. The smallest absolute Gasteiger partial charge is 0.314 e. The van der Waals surface area contributed by atoms with Crippen molar-refractivity contribution < 1.29 is 19.5 Å². The van der Waals surface area contributed by atoms with Gasteiger partial charge in [-0.2, -0.15) is 0 Å². The summed E-state index contributed by atoms with van der Waals surface area (Å²) >= 11 is 0. The van der Waals surface area contributed by atoms with Crippen LogP contribution in [0.4, 0.5) is 0 Å². The van der Waals surface area contributed by atoms with Gasteiger partial charge in [0.05, 0.1) is 6.42 Å². The number of hydrogen-bond donors (Lipinski definition) is 1. The second-order valence-corrected chi connectivity index (χ2v) is 3.18. The monoisotopic (exact) mass is 170 g/mol. The second kappa shape index (κ2) is 3.05. The molecule has 1 rings (SSSR count). The van der Waals surface area contributed by atoms with Crippen LogP contribution in [-0.4, -0.2) is 22.6 Å². The molecule has 66 valence electrons. The van der Waals surface area contributed by atoms with E-state index in [0.717, 1.165) is 0 Å². The largest absolute Gasteiger partial charge is 0.481 e. The fourth-order valence-electron chi connectivity index (χ4n) is 1.55. The number of carboxylic acids is 1. The van der Waals surface area contributed by atoms with Crippen LogP contribution in [-0.2, 0) is 14.4 Å². The third kappa shape index (κ3) is 1.52. The summed E-state index contributed by atoms with van der Waals surface area (Å²) in [5.41, 5.74) is 0. The van der Waals surface area contributed by atoms with Gasteiger partial charge in [0.2, 0.25) is 0 Å². The summed E-state index contributed by atoms with van der Waals surface area (Å²) in [6.07, 6.45) is 0.00398. The number of ketones is 2. The van der Waals surface area contributed by atoms with Crippen molar-refractivity contribution in [3.8, 4) is 0 Å². The Hall–Kier alpha value is -1.19. The van der Waals surface area contributed by atoms with Crippen LogP contribution in [0.2, 0.25) is 0 Å². The molecule has 1 aliphatic carbocycles. The van der Waals surface area contributed by atoms with Gasteiger partial charge in [0.1, 0.15) is 11.7 Å².